The number of hydrogen-bond acceptors (Lipinski definition) is 3. The van der Waals surface area contributed by atoms with Gasteiger partial charge in [0.15, 0.2) is 5.96 Å². The van der Waals surface area contributed by atoms with Crippen molar-refractivity contribution in [3.8, 4) is 0 Å². The van der Waals surface area contributed by atoms with Crippen LogP contribution in [0.15, 0.2) is 29.3 Å². The minimum atomic E-state index is -0.332. The van der Waals surface area contributed by atoms with Gasteiger partial charge in [-0.2, -0.15) is 0 Å². The highest BCUT2D eigenvalue weighted by Crippen LogP contribution is 2.03. The van der Waals surface area contributed by atoms with Crippen LogP contribution in [0.4, 0.5) is 4.39 Å². The Hall–Kier alpha value is -1.42. The molecule has 0 aliphatic heterocycles. The van der Waals surface area contributed by atoms with Crippen LogP contribution in [0.3, 0.4) is 0 Å². The van der Waals surface area contributed by atoms with Crippen molar-refractivity contribution in [3.05, 3.63) is 35.6 Å². The van der Waals surface area contributed by atoms with Crippen LogP contribution in [0.5, 0.6) is 0 Å². The molecule has 6 nitrogen and oxygen atoms in total. The van der Waals surface area contributed by atoms with Crippen molar-refractivity contribution in [3.63, 3.8) is 0 Å². The van der Waals surface area contributed by atoms with Gasteiger partial charge in [0.25, 0.3) is 0 Å². The number of aliphatic imine (C=N–C) groups is 1. The lowest BCUT2D eigenvalue weighted by Gasteiger charge is -2.12. The van der Waals surface area contributed by atoms with Gasteiger partial charge in [-0.25, -0.2) is 4.39 Å². The summed E-state index contributed by atoms with van der Waals surface area (Å²) in [5.74, 6) is 0.249. The highest BCUT2D eigenvalue weighted by molar-refractivity contribution is 14.0. The average molecular weight is 466 g/mol. The molecule has 1 aromatic carbocycles. The van der Waals surface area contributed by atoms with Crippen LogP contribution >= 0.6 is 24.0 Å². The molecular weight excluding hydrogens is 438 g/mol. The first-order chi connectivity index (χ1) is 11.7. The van der Waals surface area contributed by atoms with Crippen LogP contribution in [-0.2, 0) is 16.0 Å². The topological polar surface area (TPSA) is 74.8 Å². The number of methoxy groups -OCH3 is 1. The van der Waals surface area contributed by atoms with Gasteiger partial charge in [0.05, 0.1) is 6.42 Å². The molecule has 0 aliphatic carbocycles. The van der Waals surface area contributed by atoms with Crippen LogP contribution in [-0.4, -0.2) is 51.8 Å². The minimum Gasteiger partial charge on any atom is -0.385 e. The number of nitrogens with one attached hydrogen (secondary N) is 3. The van der Waals surface area contributed by atoms with Crippen molar-refractivity contribution in [2.75, 3.05) is 39.9 Å². The lowest BCUT2D eigenvalue weighted by atomic mass is 10.1. The monoisotopic (exact) mass is 466 g/mol. The molecular formula is C17H28FIN4O2. The highest BCUT2D eigenvalue weighted by Gasteiger charge is 2.04. The molecule has 25 heavy (non-hydrogen) atoms. The fraction of sp³-hybridized carbons (Fsp3) is 0.529. The van der Waals surface area contributed by atoms with Crippen molar-refractivity contribution < 1.29 is 13.9 Å². The zero-order valence-corrected chi connectivity index (χ0v) is 17.1. The zero-order valence-electron chi connectivity index (χ0n) is 14.8. The van der Waals surface area contributed by atoms with E-state index in [-0.39, 0.29) is 42.1 Å². The number of amides is 1. The Morgan fingerprint density at radius 3 is 2.68 bits per heavy atom. The Bertz CT molecular complexity index is 529. The molecule has 0 radical (unpaired) electrons. The number of rotatable bonds is 10. The minimum absolute atomic E-state index is 0. The number of hydrogen-bond donors (Lipinski definition) is 3. The third-order valence-corrected chi connectivity index (χ3v) is 3.11. The fourth-order valence-corrected chi connectivity index (χ4v) is 2.02. The third-order valence-electron chi connectivity index (χ3n) is 3.11. The molecule has 0 saturated carbocycles. The van der Waals surface area contributed by atoms with E-state index in [1.54, 1.807) is 19.2 Å². The van der Waals surface area contributed by atoms with Gasteiger partial charge in [0, 0.05) is 39.9 Å². The second-order valence-electron chi connectivity index (χ2n) is 5.19. The number of carbonyl (C=O) groups excluding carboxylic acids is 1. The number of ether oxygens (including phenoxy) is 1. The molecule has 0 bridgehead atoms. The summed E-state index contributed by atoms with van der Waals surface area (Å²) < 4.78 is 18.0. The summed E-state index contributed by atoms with van der Waals surface area (Å²) in [6.07, 6.45) is 1.03. The molecule has 0 fully saturated rings. The molecule has 1 amide bonds. The number of carbonyl (C=O) groups is 1. The maximum atomic E-state index is 13.1. The lowest BCUT2D eigenvalue weighted by molar-refractivity contribution is -0.120. The molecule has 0 atom stereocenters. The molecule has 3 N–H and O–H groups in total. The van der Waals surface area contributed by atoms with E-state index in [0.29, 0.717) is 37.8 Å². The predicted octanol–water partition coefficient (Wildman–Crippen LogP) is 1.69. The van der Waals surface area contributed by atoms with E-state index >= 15 is 0 Å². The van der Waals surface area contributed by atoms with Crippen molar-refractivity contribution in [1.29, 1.82) is 0 Å². The third kappa shape index (κ3) is 11.7. The van der Waals surface area contributed by atoms with Gasteiger partial charge in [-0.05, 0) is 31.0 Å². The highest BCUT2D eigenvalue weighted by atomic mass is 127. The Morgan fingerprint density at radius 2 is 2.00 bits per heavy atom. The van der Waals surface area contributed by atoms with Crippen molar-refractivity contribution in [2.45, 2.75) is 19.8 Å². The Balaban J connectivity index is 0.00000576. The zero-order chi connectivity index (χ0) is 17.6. The Morgan fingerprint density at radius 1 is 1.24 bits per heavy atom. The second-order valence-corrected chi connectivity index (χ2v) is 5.19. The summed E-state index contributed by atoms with van der Waals surface area (Å²) in [5.41, 5.74) is 0.661. The Kier molecular flexibility index (Phi) is 14.0. The van der Waals surface area contributed by atoms with E-state index in [9.17, 15) is 9.18 Å². The smallest absolute Gasteiger partial charge is 0.224 e. The number of halogens is 2. The van der Waals surface area contributed by atoms with Crippen LogP contribution in [0.1, 0.15) is 18.9 Å². The van der Waals surface area contributed by atoms with E-state index in [1.807, 2.05) is 6.92 Å². The van der Waals surface area contributed by atoms with Gasteiger partial charge in [0.2, 0.25) is 5.91 Å². The summed E-state index contributed by atoms with van der Waals surface area (Å²) in [7, 11) is 1.67. The normalized spacial score (nSPS) is 10.8. The summed E-state index contributed by atoms with van der Waals surface area (Å²) in [4.78, 5) is 16.2. The first-order valence-corrected chi connectivity index (χ1v) is 8.18. The maximum Gasteiger partial charge on any atom is 0.224 e. The number of guanidine groups is 1. The molecule has 0 saturated heterocycles. The molecule has 1 aromatic rings. The molecule has 0 spiro atoms. The summed E-state index contributed by atoms with van der Waals surface area (Å²) >= 11 is 0. The molecule has 0 unspecified atom stereocenters. The average Bonchev–Trinajstić information content (AvgIpc) is 2.55. The van der Waals surface area contributed by atoms with Gasteiger partial charge < -0.3 is 20.7 Å². The van der Waals surface area contributed by atoms with Gasteiger partial charge in [-0.15, -0.1) is 24.0 Å². The van der Waals surface area contributed by atoms with Crippen LogP contribution in [0.2, 0.25) is 0 Å². The second kappa shape index (κ2) is 14.9. The van der Waals surface area contributed by atoms with E-state index in [2.05, 4.69) is 20.9 Å². The van der Waals surface area contributed by atoms with Crippen molar-refractivity contribution >= 4 is 35.8 Å². The molecule has 142 valence electrons. The van der Waals surface area contributed by atoms with Crippen LogP contribution in [0.25, 0.3) is 0 Å². The summed E-state index contributed by atoms with van der Waals surface area (Å²) in [6, 6.07) is 6.06. The van der Waals surface area contributed by atoms with E-state index in [1.165, 1.54) is 12.1 Å². The van der Waals surface area contributed by atoms with Crippen LogP contribution in [0, 0.1) is 5.82 Å². The molecule has 1 rings (SSSR count). The van der Waals surface area contributed by atoms with Gasteiger partial charge in [-0.3, -0.25) is 9.79 Å². The maximum absolute atomic E-state index is 13.1. The van der Waals surface area contributed by atoms with Crippen molar-refractivity contribution in [2.24, 2.45) is 4.99 Å². The molecule has 8 heteroatoms. The lowest BCUT2D eigenvalue weighted by Crippen LogP contribution is -2.41. The Labute approximate surface area is 166 Å². The summed E-state index contributed by atoms with van der Waals surface area (Å²) in [5, 5.41) is 9.08. The molecule has 0 aromatic heterocycles. The van der Waals surface area contributed by atoms with E-state index < -0.39 is 0 Å². The van der Waals surface area contributed by atoms with Gasteiger partial charge in [-0.1, -0.05) is 12.1 Å². The number of nitrogens with zero attached hydrogens (tertiary/aromatic N) is 1. The standard InChI is InChI=1S/C17H27FN4O2.HI/c1-3-19-17(21-8-5-11-24-2)22-10-9-20-16(23)13-14-6-4-7-15(18)12-14;/h4,6-7,12H,3,5,8-11,13H2,1-2H3,(H,20,23)(H2,19,21,22);1H. The largest absolute Gasteiger partial charge is 0.385 e. The van der Waals surface area contributed by atoms with E-state index in [4.69, 9.17) is 4.74 Å². The first kappa shape index (κ1) is 23.6. The quantitative estimate of drug-likeness (QED) is 0.213. The van der Waals surface area contributed by atoms with Crippen molar-refractivity contribution in [1.82, 2.24) is 16.0 Å². The fourth-order valence-electron chi connectivity index (χ4n) is 2.02. The molecule has 0 heterocycles. The SMILES string of the molecule is CCNC(=NCCCOC)NCCNC(=O)Cc1cccc(F)c1.I. The number of benzene rings is 1. The van der Waals surface area contributed by atoms with Crippen LogP contribution < -0.4 is 16.0 Å². The first-order valence-electron chi connectivity index (χ1n) is 8.18. The van der Waals surface area contributed by atoms with Gasteiger partial charge in [0.1, 0.15) is 5.82 Å². The van der Waals surface area contributed by atoms with E-state index in [0.717, 1.165) is 13.0 Å². The van der Waals surface area contributed by atoms with Gasteiger partial charge >= 0.3 is 0 Å². The summed E-state index contributed by atoms with van der Waals surface area (Å²) in [6.45, 7) is 5.14. The predicted molar refractivity (Wildman–Crippen MR) is 109 cm³/mol. The molecule has 0 aliphatic rings.